The van der Waals surface area contributed by atoms with Gasteiger partial charge in [0, 0.05) is 22.8 Å². The van der Waals surface area contributed by atoms with Crippen molar-refractivity contribution in [2.75, 3.05) is 11.4 Å². The highest BCUT2D eigenvalue weighted by Gasteiger charge is 2.27. The normalized spacial score (nSPS) is 14.8. The summed E-state index contributed by atoms with van der Waals surface area (Å²) in [6.45, 7) is 3.06. The first-order valence-electron chi connectivity index (χ1n) is 7.66. The lowest BCUT2D eigenvalue weighted by molar-refractivity contribution is 0.459. The van der Waals surface area contributed by atoms with Crippen LogP contribution < -0.4 is 4.90 Å². The van der Waals surface area contributed by atoms with E-state index < -0.39 is 0 Å². The minimum Gasteiger partial charge on any atom is -0.418 e. The van der Waals surface area contributed by atoms with Gasteiger partial charge in [-0.3, -0.25) is 0 Å². The predicted octanol–water partition coefficient (Wildman–Crippen LogP) is 4.51. The molecule has 5 heteroatoms. The maximum atomic E-state index is 6.03. The largest absolute Gasteiger partial charge is 0.418 e. The Balaban J connectivity index is 1.62. The molecule has 2 aromatic carbocycles. The first kappa shape index (κ1) is 14.3. The molecule has 0 spiro atoms. The van der Waals surface area contributed by atoms with Crippen LogP contribution in [0.5, 0.6) is 0 Å². The van der Waals surface area contributed by atoms with Crippen molar-refractivity contribution in [1.82, 2.24) is 10.2 Å². The number of fused-ring (bicyclic) bond motifs is 1. The van der Waals surface area contributed by atoms with Gasteiger partial charge in [0.2, 0.25) is 11.8 Å². The molecular formula is C18H16ClN3O. The van der Waals surface area contributed by atoms with E-state index >= 15 is 0 Å². The van der Waals surface area contributed by atoms with E-state index in [2.05, 4.69) is 46.3 Å². The first-order chi connectivity index (χ1) is 11.2. The summed E-state index contributed by atoms with van der Waals surface area (Å²) in [5, 5.41) is 9.07. The van der Waals surface area contributed by atoms with Crippen molar-refractivity contribution < 1.29 is 4.42 Å². The number of benzene rings is 2. The lowest BCUT2D eigenvalue weighted by atomic mass is 10.2. The van der Waals surface area contributed by atoms with Gasteiger partial charge in [-0.25, -0.2) is 0 Å². The molecule has 0 aliphatic carbocycles. The Kier molecular flexibility index (Phi) is 3.54. The second-order valence-electron chi connectivity index (χ2n) is 5.70. The number of hydrogen-bond donors (Lipinski definition) is 0. The molecule has 0 radical (unpaired) electrons. The molecule has 1 aliphatic heterocycles. The molecule has 0 fully saturated rings. The van der Waals surface area contributed by atoms with Crippen LogP contribution in [0.2, 0.25) is 5.02 Å². The summed E-state index contributed by atoms with van der Waals surface area (Å²) in [7, 11) is 0. The molecule has 4 rings (SSSR count). The molecule has 0 N–H and O–H groups in total. The Hall–Kier alpha value is -2.33. The van der Waals surface area contributed by atoms with Crippen LogP contribution in [0.4, 0.5) is 5.69 Å². The molecule has 116 valence electrons. The van der Waals surface area contributed by atoms with Gasteiger partial charge in [0.15, 0.2) is 0 Å². The molecule has 1 aromatic heterocycles. The monoisotopic (exact) mass is 325 g/mol. The second-order valence-corrected chi connectivity index (χ2v) is 6.14. The fraction of sp³-hybridized carbons (Fsp3) is 0.222. The van der Waals surface area contributed by atoms with Crippen LogP contribution in [0.25, 0.3) is 11.5 Å². The van der Waals surface area contributed by atoms with E-state index in [4.69, 9.17) is 16.0 Å². The van der Waals surface area contributed by atoms with Gasteiger partial charge in [-0.05, 0) is 43.2 Å². The zero-order chi connectivity index (χ0) is 15.8. The van der Waals surface area contributed by atoms with E-state index in [-0.39, 0.29) is 6.04 Å². The van der Waals surface area contributed by atoms with Crippen LogP contribution >= 0.6 is 11.6 Å². The minimum atomic E-state index is 0.0408. The number of aromatic nitrogens is 2. The van der Waals surface area contributed by atoms with Crippen molar-refractivity contribution in [2.24, 2.45) is 0 Å². The Morgan fingerprint density at radius 3 is 2.87 bits per heavy atom. The standard InChI is InChI=1S/C18H16ClN3O/c1-12(22-10-9-13-5-2-3-8-16(13)22)17-20-21-18(23-17)14-6-4-7-15(19)11-14/h2-8,11-12H,9-10H2,1H3/t12-/m0/s1. The van der Waals surface area contributed by atoms with E-state index in [9.17, 15) is 0 Å². The number of rotatable bonds is 3. The van der Waals surface area contributed by atoms with Gasteiger partial charge in [-0.2, -0.15) is 0 Å². The smallest absolute Gasteiger partial charge is 0.247 e. The summed E-state index contributed by atoms with van der Waals surface area (Å²) in [6.07, 6.45) is 1.05. The highest BCUT2D eigenvalue weighted by molar-refractivity contribution is 6.30. The quantitative estimate of drug-likeness (QED) is 0.710. The van der Waals surface area contributed by atoms with Crippen molar-refractivity contribution in [3.8, 4) is 11.5 Å². The van der Waals surface area contributed by atoms with Crippen LogP contribution in [0.3, 0.4) is 0 Å². The zero-order valence-electron chi connectivity index (χ0n) is 12.7. The maximum Gasteiger partial charge on any atom is 0.247 e. The van der Waals surface area contributed by atoms with Crippen LogP contribution in [-0.4, -0.2) is 16.7 Å². The Morgan fingerprint density at radius 1 is 1.13 bits per heavy atom. The molecule has 0 saturated heterocycles. The van der Waals surface area contributed by atoms with Crippen molar-refractivity contribution in [2.45, 2.75) is 19.4 Å². The van der Waals surface area contributed by atoms with Gasteiger partial charge in [-0.1, -0.05) is 35.9 Å². The highest BCUT2D eigenvalue weighted by atomic mass is 35.5. The summed E-state index contributed by atoms with van der Waals surface area (Å²) in [5.41, 5.74) is 3.46. The van der Waals surface area contributed by atoms with E-state index in [1.54, 1.807) is 0 Å². The molecular weight excluding hydrogens is 310 g/mol. The Labute approximate surface area is 139 Å². The molecule has 0 bridgehead atoms. The molecule has 0 amide bonds. The summed E-state index contributed by atoms with van der Waals surface area (Å²) in [5.74, 6) is 1.12. The van der Waals surface area contributed by atoms with E-state index in [0.717, 1.165) is 18.5 Å². The average Bonchev–Trinajstić information content (AvgIpc) is 3.22. The van der Waals surface area contributed by atoms with E-state index in [1.807, 2.05) is 24.3 Å². The van der Waals surface area contributed by atoms with E-state index in [1.165, 1.54) is 11.3 Å². The molecule has 1 atom stereocenters. The van der Waals surface area contributed by atoms with E-state index in [0.29, 0.717) is 16.8 Å². The fourth-order valence-electron chi connectivity index (χ4n) is 3.04. The predicted molar refractivity (Wildman–Crippen MR) is 90.7 cm³/mol. The molecule has 0 unspecified atom stereocenters. The fourth-order valence-corrected chi connectivity index (χ4v) is 3.23. The number of para-hydroxylation sites is 1. The number of anilines is 1. The molecule has 23 heavy (non-hydrogen) atoms. The third-order valence-corrected chi connectivity index (χ3v) is 4.50. The molecule has 2 heterocycles. The average molecular weight is 326 g/mol. The summed E-state index contributed by atoms with van der Waals surface area (Å²) in [4.78, 5) is 2.31. The molecule has 0 saturated carbocycles. The van der Waals surface area contributed by atoms with Gasteiger partial charge in [0.05, 0.1) is 0 Å². The first-order valence-corrected chi connectivity index (χ1v) is 8.04. The highest BCUT2D eigenvalue weighted by Crippen LogP contribution is 2.35. The van der Waals surface area contributed by atoms with Crippen LogP contribution in [0.15, 0.2) is 52.9 Å². The van der Waals surface area contributed by atoms with Crippen molar-refractivity contribution >= 4 is 17.3 Å². The summed E-state index contributed by atoms with van der Waals surface area (Å²) < 4.78 is 5.89. The Morgan fingerprint density at radius 2 is 2.00 bits per heavy atom. The van der Waals surface area contributed by atoms with Crippen molar-refractivity contribution in [3.63, 3.8) is 0 Å². The van der Waals surface area contributed by atoms with Gasteiger partial charge in [-0.15, -0.1) is 10.2 Å². The Bertz CT molecular complexity index is 846. The lowest BCUT2D eigenvalue weighted by Crippen LogP contribution is -2.24. The lowest BCUT2D eigenvalue weighted by Gasteiger charge is -2.24. The van der Waals surface area contributed by atoms with Gasteiger partial charge >= 0.3 is 0 Å². The third-order valence-electron chi connectivity index (χ3n) is 4.26. The second kappa shape index (κ2) is 5.70. The van der Waals surface area contributed by atoms with Crippen molar-refractivity contribution in [1.29, 1.82) is 0 Å². The van der Waals surface area contributed by atoms with Crippen LogP contribution in [0.1, 0.15) is 24.4 Å². The maximum absolute atomic E-state index is 6.03. The van der Waals surface area contributed by atoms with Gasteiger partial charge in [0.25, 0.3) is 0 Å². The van der Waals surface area contributed by atoms with Crippen LogP contribution in [0, 0.1) is 0 Å². The SMILES string of the molecule is C[C@@H](c1nnc(-c2cccc(Cl)c2)o1)N1CCc2ccccc21. The van der Waals surface area contributed by atoms with Crippen molar-refractivity contribution in [3.05, 3.63) is 65.0 Å². The summed E-state index contributed by atoms with van der Waals surface area (Å²) in [6, 6.07) is 16.0. The van der Waals surface area contributed by atoms with Crippen LogP contribution in [-0.2, 0) is 6.42 Å². The zero-order valence-corrected chi connectivity index (χ0v) is 13.5. The van der Waals surface area contributed by atoms with Gasteiger partial charge < -0.3 is 9.32 Å². The third kappa shape index (κ3) is 2.59. The molecule has 4 nitrogen and oxygen atoms in total. The van der Waals surface area contributed by atoms with Gasteiger partial charge in [0.1, 0.15) is 6.04 Å². The number of nitrogens with zero attached hydrogens (tertiary/aromatic N) is 3. The molecule has 3 aromatic rings. The molecule has 1 aliphatic rings. The number of hydrogen-bond acceptors (Lipinski definition) is 4. The minimum absolute atomic E-state index is 0.0408. The number of halogens is 1. The summed E-state index contributed by atoms with van der Waals surface area (Å²) >= 11 is 6.03. The topological polar surface area (TPSA) is 42.2 Å².